The fourth-order valence-corrected chi connectivity index (χ4v) is 3.13. The smallest absolute Gasteiger partial charge is 0.340 e. The van der Waals surface area contributed by atoms with Crippen LogP contribution in [0.3, 0.4) is 0 Å². The first-order valence-electron chi connectivity index (χ1n) is 9.83. The van der Waals surface area contributed by atoms with Gasteiger partial charge in [-0.1, -0.05) is 31.5 Å². The molecule has 29 heavy (non-hydrogen) atoms. The number of aryl methyl sites for hydroxylation is 2. The van der Waals surface area contributed by atoms with Gasteiger partial charge in [-0.2, -0.15) is 0 Å². The van der Waals surface area contributed by atoms with Crippen LogP contribution in [-0.2, 0) is 19.1 Å². The molecule has 0 aliphatic rings. The number of esters is 2. The lowest BCUT2D eigenvalue weighted by Gasteiger charge is -2.31. The van der Waals surface area contributed by atoms with Gasteiger partial charge in [-0.25, -0.2) is 9.59 Å². The predicted octanol–water partition coefficient (Wildman–Crippen LogP) is 5.37. The van der Waals surface area contributed by atoms with Crippen LogP contribution in [0.5, 0.6) is 0 Å². The molecule has 0 unspecified atom stereocenters. The second-order valence-corrected chi connectivity index (χ2v) is 7.37. The van der Waals surface area contributed by atoms with E-state index < -0.39 is 18.0 Å². The molecule has 0 spiro atoms. The van der Waals surface area contributed by atoms with E-state index in [1.807, 2.05) is 45.9 Å². The van der Waals surface area contributed by atoms with Crippen molar-refractivity contribution in [3.63, 3.8) is 0 Å². The average Bonchev–Trinajstić information content (AvgIpc) is 2.68. The number of hydrogen-bond acceptors (Lipinski definition) is 5. The second kappa shape index (κ2) is 10.9. The molecule has 2 aromatic carbocycles. The van der Waals surface area contributed by atoms with Crippen molar-refractivity contribution >= 4 is 34.9 Å². The zero-order valence-electron chi connectivity index (χ0n) is 17.4. The lowest BCUT2D eigenvalue weighted by Crippen LogP contribution is -2.46. The minimum atomic E-state index is -1.25. The lowest BCUT2D eigenvalue weighted by molar-refractivity contribution is -0.156. The van der Waals surface area contributed by atoms with Gasteiger partial charge in [0.25, 0.3) is 0 Å². The van der Waals surface area contributed by atoms with Gasteiger partial charge in [0.1, 0.15) is 0 Å². The highest BCUT2D eigenvalue weighted by Gasteiger charge is 2.37. The van der Waals surface area contributed by atoms with Gasteiger partial charge in [-0.15, -0.1) is 0 Å². The first kappa shape index (κ1) is 22.8. The molecule has 0 aromatic heterocycles. The first-order chi connectivity index (χ1) is 13.9. The number of anilines is 2. The van der Waals surface area contributed by atoms with E-state index in [9.17, 15) is 9.59 Å². The zero-order chi connectivity index (χ0) is 21.4. The highest BCUT2D eigenvalue weighted by molar-refractivity contribution is 6.30. The molecule has 0 amide bonds. The van der Waals surface area contributed by atoms with Crippen molar-refractivity contribution in [3.05, 3.63) is 58.6 Å². The fraction of sp³-hybridized carbons (Fsp3) is 0.391. The molecule has 0 fully saturated rings. The first-order valence-corrected chi connectivity index (χ1v) is 10.2. The molecule has 156 valence electrons. The van der Waals surface area contributed by atoms with Crippen molar-refractivity contribution in [2.45, 2.75) is 46.6 Å². The van der Waals surface area contributed by atoms with E-state index in [4.69, 9.17) is 21.1 Å². The Kier molecular flexibility index (Phi) is 8.52. The van der Waals surface area contributed by atoms with Crippen LogP contribution in [0.25, 0.3) is 0 Å². The number of halogens is 1. The van der Waals surface area contributed by atoms with E-state index in [-0.39, 0.29) is 13.2 Å². The molecule has 0 heterocycles. The molecule has 2 aromatic rings. The molecule has 2 rings (SSSR count). The van der Waals surface area contributed by atoms with E-state index in [1.54, 1.807) is 29.2 Å². The van der Waals surface area contributed by atoms with Gasteiger partial charge in [0.15, 0.2) is 0 Å². The van der Waals surface area contributed by atoms with Crippen molar-refractivity contribution in [1.29, 1.82) is 0 Å². The highest BCUT2D eigenvalue weighted by atomic mass is 35.5. The Balaban J connectivity index is 2.59. The summed E-state index contributed by atoms with van der Waals surface area (Å²) in [6, 6.07) is 11.6. The predicted molar refractivity (Wildman–Crippen MR) is 116 cm³/mol. The van der Waals surface area contributed by atoms with Crippen LogP contribution in [0.15, 0.2) is 42.5 Å². The van der Waals surface area contributed by atoms with E-state index in [1.165, 1.54) is 0 Å². The Morgan fingerprint density at radius 3 is 1.79 bits per heavy atom. The number of carbonyl (C=O) groups is 2. The third kappa shape index (κ3) is 6.23. The second-order valence-electron chi connectivity index (χ2n) is 6.93. The Hall–Kier alpha value is -2.53. The highest BCUT2D eigenvalue weighted by Crippen LogP contribution is 2.31. The van der Waals surface area contributed by atoms with Crippen LogP contribution in [0.2, 0.25) is 5.02 Å². The summed E-state index contributed by atoms with van der Waals surface area (Å²) in [6.07, 6.45) is 1.32. The Bertz CT molecular complexity index is 795. The van der Waals surface area contributed by atoms with Gasteiger partial charge in [0.05, 0.1) is 13.2 Å². The Morgan fingerprint density at radius 1 is 0.862 bits per heavy atom. The van der Waals surface area contributed by atoms with Crippen molar-refractivity contribution in [3.8, 4) is 0 Å². The number of nitrogens with zero attached hydrogens (tertiary/aromatic N) is 1. The molecule has 0 aliphatic carbocycles. The molecule has 0 saturated heterocycles. The van der Waals surface area contributed by atoms with E-state index in [0.29, 0.717) is 29.2 Å². The Morgan fingerprint density at radius 2 is 1.34 bits per heavy atom. The van der Waals surface area contributed by atoms with Crippen LogP contribution in [0.4, 0.5) is 11.4 Å². The van der Waals surface area contributed by atoms with Crippen molar-refractivity contribution < 1.29 is 19.1 Å². The van der Waals surface area contributed by atoms with Crippen LogP contribution < -0.4 is 4.90 Å². The number of carbonyl (C=O) groups excluding carboxylic acids is 2. The lowest BCUT2D eigenvalue weighted by atomic mass is 10.1. The quantitative estimate of drug-likeness (QED) is 0.405. The van der Waals surface area contributed by atoms with Gasteiger partial charge in [0.2, 0.25) is 6.04 Å². The van der Waals surface area contributed by atoms with Crippen LogP contribution in [-0.4, -0.2) is 31.2 Å². The SMILES string of the molecule is CCCOC(=O)C(C(=O)OCCC)N(c1ccc(Cl)cc1)c1cc(C)cc(C)c1. The maximum absolute atomic E-state index is 12.9. The molecule has 0 radical (unpaired) electrons. The standard InChI is InChI=1S/C23H28ClNO4/c1-5-11-28-22(26)21(23(27)29-12-6-2)25(19-9-7-18(24)8-10-19)20-14-16(3)13-17(4)15-20/h7-10,13-15,21H,5-6,11-12H2,1-4H3. The summed E-state index contributed by atoms with van der Waals surface area (Å²) < 4.78 is 10.7. The number of ether oxygens (including phenoxy) is 2. The molecule has 6 heteroatoms. The molecule has 0 bridgehead atoms. The summed E-state index contributed by atoms with van der Waals surface area (Å²) in [7, 11) is 0. The van der Waals surface area contributed by atoms with Crippen molar-refractivity contribution in [1.82, 2.24) is 0 Å². The van der Waals surface area contributed by atoms with Crippen LogP contribution >= 0.6 is 11.6 Å². The molecule has 0 saturated carbocycles. The summed E-state index contributed by atoms with van der Waals surface area (Å²) in [5, 5.41) is 0.563. The average molecular weight is 418 g/mol. The third-order valence-corrected chi connectivity index (χ3v) is 4.44. The fourth-order valence-electron chi connectivity index (χ4n) is 3.01. The molecule has 0 N–H and O–H groups in total. The zero-order valence-corrected chi connectivity index (χ0v) is 18.2. The molecule has 0 atom stereocenters. The summed E-state index contributed by atoms with van der Waals surface area (Å²) in [6.45, 7) is 8.21. The summed E-state index contributed by atoms with van der Waals surface area (Å²) in [5.41, 5.74) is 3.38. The van der Waals surface area contributed by atoms with E-state index >= 15 is 0 Å². The van der Waals surface area contributed by atoms with Crippen molar-refractivity contribution in [2.75, 3.05) is 18.1 Å². The molecule has 0 aliphatic heterocycles. The number of benzene rings is 2. The maximum Gasteiger partial charge on any atom is 0.340 e. The Labute approximate surface area is 177 Å². The van der Waals surface area contributed by atoms with Gasteiger partial charge in [-0.3, -0.25) is 0 Å². The summed E-state index contributed by atoms with van der Waals surface area (Å²) >= 11 is 6.05. The van der Waals surface area contributed by atoms with E-state index in [2.05, 4.69) is 0 Å². The largest absolute Gasteiger partial charge is 0.464 e. The normalized spacial score (nSPS) is 10.7. The van der Waals surface area contributed by atoms with Gasteiger partial charge in [0, 0.05) is 16.4 Å². The van der Waals surface area contributed by atoms with Crippen LogP contribution in [0, 0.1) is 13.8 Å². The van der Waals surface area contributed by atoms with E-state index in [0.717, 1.165) is 11.1 Å². The summed E-state index contributed by atoms with van der Waals surface area (Å²) in [5.74, 6) is -1.27. The van der Waals surface area contributed by atoms with Gasteiger partial charge < -0.3 is 14.4 Å². The van der Waals surface area contributed by atoms with Crippen molar-refractivity contribution in [2.24, 2.45) is 0 Å². The molecular formula is C23H28ClNO4. The minimum Gasteiger partial charge on any atom is -0.464 e. The monoisotopic (exact) mass is 417 g/mol. The third-order valence-electron chi connectivity index (χ3n) is 4.19. The minimum absolute atomic E-state index is 0.234. The topological polar surface area (TPSA) is 55.8 Å². The van der Waals surface area contributed by atoms with Gasteiger partial charge >= 0.3 is 11.9 Å². The number of hydrogen-bond donors (Lipinski definition) is 0. The van der Waals surface area contributed by atoms with Crippen LogP contribution in [0.1, 0.15) is 37.8 Å². The molecule has 5 nitrogen and oxygen atoms in total. The molecular weight excluding hydrogens is 390 g/mol. The summed E-state index contributed by atoms with van der Waals surface area (Å²) in [4.78, 5) is 27.5. The maximum atomic E-state index is 12.9. The number of rotatable bonds is 9. The van der Waals surface area contributed by atoms with Gasteiger partial charge in [-0.05, 0) is 74.2 Å².